The fourth-order valence-corrected chi connectivity index (χ4v) is 1.82. The highest BCUT2D eigenvalue weighted by atomic mass is 127. The SMILES string of the molecule is CN(C)c1cccc(CN=C(N)Nc2ccccc2)c1.I. The molecule has 0 fully saturated rings. The molecule has 2 aromatic carbocycles. The van der Waals surface area contributed by atoms with Crippen LogP contribution in [-0.4, -0.2) is 20.1 Å². The minimum atomic E-state index is 0. The summed E-state index contributed by atoms with van der Waals surface area (Å²) < 4.78 is 0. The van der Waals surface area contributed by atoms with Crippen LogP contribution < -0.4 is 16.0 Å². The maximum Gasteiger partial charge on any atom is 0.193 e. The first-order chi connectivity index (χ1) is 9.65. The van der Waals surface area contributed by atoms with E-state index in [1.54, 1.807) is 0 Å². The molecule has 112 valence electrons. The van der Waals surface area contributed by atoms with Gasteiger partial charge in [0, 0.05) is 25.5 Å². The number of rotatable bonds is 4. The van der Waals surface area contributed by atoms with E-state index in [4.69, 9.17) is 5.73 Å². The highest BCUT2D eigenvalue weighted by Crippen LogP contribution is 2.14. The van der Waals surface area contributed by atoms with Gasteiger partial charge in [0.1, 0.15) is 0 Å². The van der Waals surface area contributed by atoms with Gasteiger partial charge in [-0.25, -0.2) is 4.99 Å². The van der Waals surface area contributed by atoms with Gasteiger partial charge in [0.05, 0.1) is 6.54 Å². The van der Waals surface area contributed by atoms with Crippen molar-refractivity contribution >= 4 is 41.3 Å². The first-order valence-electron chi connectivity index (χ1n) is 6.53. The van der Waals surface area contributed by atoms with E-state index in [1.165, 1.54) is 0 Å². The van der Waals surface area contributed by atoms with E-state index in [2.05, 4.69) is 27.3 Å². The number of hydrogen-bond donors (Lipinski definition) is 2. The molecule has 3 N–H and O–H groups in total. The standard InChI is InChI=1S/C16H20N4.HI/c1-20(2)15-10-6-7-13(11-15)12-18-16(17)19-14-8-4-3-5-9-14;/h3-11H,12H2,1-2H3,(H3,17,18,19);1H. The second kappa shape index (κ2) is 8.51. The molecule has 0 heterocycles. The smallest absolute Gasteiger partial charge is 0.193 e. The molecule has 0 unspecified atom stereocenters. The largest absolute Gasteiger partial charge is 0.378 e. The van der Waals surface area contributed by atoms with Crippen LogP contribution in [0.25, 0.3) is 0 Å². The van der Waals surface area contributed by atoms with Crippen LogP contribution in [0, 0.1) is 0 Å². The topological polar surface area (TPSA) is 53.6 Å². The molecule has 0 aliphatic carbocycles. The van der Waals surface area contributed by atoms with Gasteiger partial charge in [-0.3, -0.25) is 0 Å². The fraction of sp³-hybridized carbons (Fsp3) is 0.188. The average molecular weight is 396 g/mol. The lowest BCUT2D eigenvalue weighted by Gasteiger charge is -2.13. The van der Waals surface area contributed by atoms with Crippen LogP contribution in [0.1, 0.15) is 5.56 Å². The van der Waals surface area contributed by atoms with Gasteiger partial charge < -0.3 is 16.0 Å². The molecular weight excluding hydrogens is 375 g/mol. The van der Waals surface area contributed by atoms with E-state index in [-0.39, 0.29) is 24.0 Å². The van der Waals surface area contributed by atoms with E-state index in [9.17, 15) is 0 Å². The summed E-state index contributed by atoms with van der Waals surface area (Å²) >= 11 is 0. The van der Waals surface area contributed by atoms with Crippen LogP contribution in [0.15, 0.2) is 59.6 Å². The Bertz CT molecular complexity index is 582. The Labute approximate surface area is 143 Å². The molecule has 0 aliphatic rings. The molecule has 21 heavy (non-hydrogen) atoms. The zero-order valence-electron chi connectivity index (χ0n) is 12.3. The molecule has 0 radical (unpaired) electrons. The number of para-hydroxylation sites is 1. The minimum Gasteiger partial charge on any atom is -0.378 e. The Morgan fingerprint density at radius 1 is 1.10 bits per heavy atom. The van der Waals surface area contributed by atoms with E-state index < -0.39 is 0 Å². The van der Waals surface area contributed by atoms with Crippen LogP contribution in [0.4, 0.5) is 11.4 Å². The lowest BCUT2D eigenvalue weighted by atomic mass is 10.2. The third-order valence-corrected chi connectivity index (χ3v) is 2.91. The Balaban J connectivity index is 0.00000220. The third-order valence-electron chi connectivity index (χ3n) is 2.91. The highest BCUT2D eigenvalue weighted by Gasteiger charge is 1.98. The lowest BCUT2D eigenvalue weighted by Crippen LogP contribution is -2.22. The molecule has 0 spiro atoms. The van der Waals surface area contributed by atoms with E-state index >= 15 is 0 Å². The molecule has 0 atom stereocenters. The first kappa shape index (κ1) is 17.3. The first-order valence-corrected chi connectivity index (χ1v) is 6.53. The van der Waals surface area contributed by atoms with Gasteiger partial charge in [-0.05, 0) is 29.8 Å². The summed E-state index contributed by atoms with van der Waals surface area (Å²) in [5.41, 5.74) is 9.11. The summed E-state index contributed by atoms with van der Waals surface area (Å²) in [5.74, 6) is 0.423. The second-order valence-corrected chi connectivity index (χ2v) is 4.76. The number of nitrogens with one attached hydrogen (secondary N) is 1. The van der Waals surface area contributed by atoms with Gasteiger partial charge in [-0.15, -0.1) is 24.0 Å². The van der Waals surface area contributed by atoms with Crippen molar-refractivity contribution in [2.45, 2.75) is 6.54 Å². The van der Waals surface area contributed by atoms with Gasteiger partial charge >= 0.3 is 0 Å². The summed E-state index contributed by atoms with van der Waals surface area (Å²) in [6.07, 6.45) is 0. The number of aliphatic imine (C=N–C) groups is 1. The third kappa shape index (κ3) is 5.63. The fourth-order valence-electron chi connectivity index (χ4n) is 1.82. The van der Waals surface area contributed by atoms with Crippen molar-refractivity contribution in [2.24, 2.45) is 10.7 Å². The van der Waals surface area contributed by atoms with Crippen LogP contribution >= 0.6 is 24.0 Å². The molecule has 0 bridgehead atoms. The molecular formula is C16H21IN4. The monoisotopic (exact) mass is 396 g/mol. The van der Waals surface area contributed by atoms with Crippen molar-refractivity contribution in [2.75, 3.05) is 24.3 Å². The van der Waals surface area contributed by atoms with Crippen molar-refractivity contribution in [3.8, 4) is 0 Å². The number of benzene rings is 2. The second-order valence-electron chi connectivity index (χ2n) is 4.76. The molecule has 5 heteroatoms. The van der Waals surface area contributed by atoms with Gasteiger partial charge in [-0.2, -0.15) is 0 Å². The Kier molecular flexibility index (Phi) is 7.01. The van der Waals surface area contributed by atoms with Gasteiger partial charge in [0.2, 0.25) is 0 Å². The van der Waals surface area contributed by atoms with Crippen molar-refractivity contribution in [1.82, 2.24) is 0 Å². The molecule has 2 rings (SSSR count). The van der Waals surface area contributed by atoms with Crippen LogP contribution in [0.3, 0.4) is 0 Å². The van der Waals surface area contributed by atoms with Crippen LogP contribution in [0.2, 0.25) is 0 Å². The quantitative estimate of drug-likeness (QED) is 0.474. The van der Waals surface area contributed by atoms with Gasteiger partial charge in [0.15, 0.2) is 5.96 Å². The zero-order chi connectivity index (χ0) is 14.4. The molecule has 0 amide bonds. The van der Waals surface area contributed by atoms with E-state index in [0.717, 1.165) is 16.9 Å². The Hall–Kier alpha value is -1.76. The van der Waals surface area contributed by atoms with Crippen molar-refractivity contribution < 1.29 is 0 Å². The maximum atomic E-state index is 5.88. The number of anilines is 2. The molecule has 0 aromatic heterocycles. The van der Waals surface area contributed by atoms with Crippen molar-refractivity contribution in [1.29, 1.82) is 0 Å². The average Bonchev–Trinajstić information content (AvgIpc) is 2.46. The molecule has 0 saturated carbocycles. The summed E-state index contributed by atoms with van der Waals surface area (Å²) in [6.45, 7) is 0.563. The van der Waals surface area contributed by atoms with Crippen LogP contribution in [0.5, 0.6) is 0 Å². The Morgan fingerprint density at radius 3 is 2.48 bits per heavy atom. The molecule has 0 saturated heterocycles. The summed E-state index contributed by atoms with van der Waals surface area (Å²) in [6, 6.07) is 18.0. The summed E-state index contributed by atoms with van der Waals surface area (Å²) in [5, 5.41) is 3.07. The van der Waals surface area contributed by atoms with E-state index in [0.29, 0.717) is 12.5 Å². The predicted molar refractivity (Wildman–Crippen MR) is 102 cm³/mol. The lowest BCUT2D eigenvalue weighted by molar-refractivity contribution is 1.05. The van der Waals surface area contributed by atoms with Crippen molar-refractivity contribution in [3.63, 3.8) is 0 Å². The predicted octanol–water partition coefficient (Wildman–Crippen LogP) is 3.30. The normalized spacial score (nSPS) is 10.7. The summed E-state index contributed by atoms with van der Waals surface area (Å²) in [7, 11) is 4.04. The van der Waals surface area contributed by atoms with Gasteiger partial charge in [-0.1, -0.05) is 30.3 Å². The number of nitrogens with two attached hydrogens (primary N) is 1. The zero-order valence-corrected chi connectivity index (χ0v) is 14.6. The number of hydrogen-bond acceptors (Lipinski definition) is 2. The van der Waals surface area contributed by atoms with Gasteiger partial charge in [0.25, 0.3) is 0 Å². The molecule has 0 aliphatic heterocycles. The summed E-state index contributed by atoms with van der Waals surface area (Å²) in [4.78, 5) is 6.42. The molecule has 4 nitrogen and oxygen atoms in total. The number of halogens is 1. The maximum absolute atomic E-state index is 5.88. The van der Waals surface area contributed by atoms with Crippen molar-refractivity contribution in [3.05, 3.63) is 60.2 Å². The van der Waals surface area contributed by atoms with Crippen LogP contribution in [-0.2, 0) is 6.54 Å². The highest BCUT2D eigenvalue weighted by molar-refractivity contribution is 14.0. The van der Waals surface area contributed by atoms with E-state index in [1.807, 2.05) is 56.6 Å². The minimum absolute atomic E-state index is 0. The molecule has 2 aromatic rings. The number of guanidine groups is 1. The number of nitrogens with zero attached hydrogens (tertiary/aromatic N) is 2. The Morgan fingerprint density at radius 2 is 1.81 bits per heavy atom.